The van der Waals surface area contributed by atoms with E-state index in [4.69, 9.17) is 0 Å². The Morgan fingerprint density at radius 2 is 2.08 bits per heavy atom. The van der Waals surface area contributed by atoms with E-state index in [1.165, 1.54) is 29.2 Å². The van der Waals surface area contributed by atoms with Gasteiger partial charge in [-0.25, -0.2) is 14.4 Å². The fourth-order valence-corrected chi connectivity index (χ4v) is 3.69. The van der Waals surface area contributed by atoms with Gasteiger partial charge in [-0.15, -0.1) is 11.3 Å². The normalized spacial score (nSPS) is 13.8. The third-order valence-electron chi connectivity index (χ3n) is 4.21. The Morgan fingerprint density at radius 3 is 2.88 bits per heavy atom. The summed E-state index contributed by atoms with van der Waals surface area (Å²) in [6.07, 6.45) is 2.58. The highest BCUT2D eigenvalue weighted by atomic mass is 32.1. The molecule has 0 aliphatic carbocycles. The van der Waals surface area contributed by atoms with Crippen molar-refractivity contribution in [2.24, 2.45) is 7.05 Å². The zero-order valence-electron chi connectivity index (χ0n) is 13.1. The maximum atomic E-state index is 13.0. The Kier molecular flexibility index (Phi) is 3.65. The molecular formula is C17H15FN4OS. The van der Waals surface area contributed by atoms with E-state index in [-0.39, 0.29) is 11.7 Å². The molecule has 0 unspecified atom stereocenters. The van der Waals surface area contributed by atoms with Crippen LogP contribution in [0.4, 0.5) is 4.39 Å². The lowest BCUT2D eigenvalue weighted by Gasteiger charge is -2.26. The lowest BCUT2D eigenvalue weighted by atomic mass is 10.1. The minimum Gasteiger partial charge on any atom is -0.337 e. The Bertz CT molecular complexity index is 900. The van der Waals surface area contributed by atoms with Crippen LogP contribution in [0.2, 0.25) is 0 Å². The number of hydrogen-bond acceptors (Lipinski definition) is 4. The van der Waals surface area contributed by atoms with Gasteiger partial charge < -0.3 is 9.47 Å². The maximum Gasteiger partial charge on any atom is 0.273 e. The number of rotatable bonds is 2. The second-order valence-corrected chi connectivity index (χ2v) is 6.63. The Balaban J connectivity index is 1.54. The molecule has 1 aliphatic rings. The lowest BCUT2D eigenvalue weighted by molar-refractivity contribution is 0.0726. The van der Waals surface area contributed by atoms with E-state index < -0.39 is 0 Å². The van der Waals surface area contributed by atoms with E-state index >= 15 is 0 Å². The van der Waals surface area contributed by atoms with Crippen LogP contribution in [0.5, 0.6) is 0 Å². The van der Waals surface area contributed by atoms with E-state index in [1.54, 1.807) is 28.7 Å². The Hall–Kier alpha value is -2.54. The van der Waals surface area contributed by atoms with Crippen LogP contribution in [0.25, 0.3) is 10.6 Å². The summed E-state index contributed by atoms with van der Waals surface area (Å²) in [5, 5.41) is 2.48. The highest BCUT2D eigenvalue weighted by molar-refractivity contribution is 7.13. The second kappa shape index (κ2) is 5.83. The Morgan fingerprint density at radius 1 is 1.29 bits per heavy atom. The van der Waals surface area contributed by atoms with Crippen molar-refractivity contribution in [2.75, 3.05) is 6.54 Å². The summed E-state index contributed by atoms with van der Waals surface area (Å²) in [7, 11) is 1.97. The monoisotopic (exact) mass is 342 g/mol. The predicted octanol–water partition coefficient (Wildman–Crippen LogP) is 2.88. The lowest BCUT2D eigenvalue weighted by Crippen LogP contribution is -2.36. The average molecular weight is 342 g/mol. The summed E-state index contributed by atoms with van der Waals surface area (Å²) in [5.74, 6) is -0.373. The van der Waals surface area contributed by atoms with Gasteiger partial charge in [-0.05, 0) is 24.3 Å². The molecule has 0 N–H and O–H groups in total. The van der Waals surface area contributed by atoms with Crippen LogP contribution in [0.1, 0.15) is 21.9 Å². The number of aryl methyl sites for hydroxylation is 1. The number of halogens is 1. The van der Waals surface area contributed by atoms with Gasteiger partial charge in [-0.3, -0.25) is 4.79 Å². The van der Waals surface area contributed by atoms with Crippen molar-refractivity contribution in [1.82, 2.24) is 19.4 Å². The zero-order chi connectivity index (χ0) is 16.7. The zero-order valence-corrected chi connectivity index (χ0v) is 13.9. The minimum absolute atomic E-state index is 0.0871. The van der Waals surface area contributed by atoms with Gasteiger partial charge in [-0.2, -0.15) is 0 Å². The number of carbonyl (C=O) groups is 1. The molecule has 1 amide bonds. The van der Waals surface area contributed by atoms with Crippen LogP contribution in [0, 0.1) is 5.82 Å². The third-order valence-corrected chi connectivity index (χ3v) is 5.10. The van der Waals surface area contributed by atoms with Gasteiger partial charge in [0.25, 0.3) is 5.91 Å². The molecule has 3 heterocycles. The van der Waals surface area contributed by atoms with Gasteiger partial charge in [0.2, 0.25) is 0 Å². The van der Waals surface area contributed by atoms with Crippen molar-refractivity contribution in [3.63, 3.8) is 0 Å². The number of thiazole rings is 1. The fraction of sp³-hybridized carbons (Fsp3) is 0.235. The molecule has 2 aromatic heterocycles. The molecule has 0 bridgehead atoms. The quantitative estimate of drug-likeness (QED) is 0.719. The molecule has 3 aromatic rings. The largest absolute Gasteiger partial charge is 0.337 e. The first-order valence-corrected chi connectivity index (χ1v) is 8.49. The van der Waals surface area contributed by atoms with Crippen LogP contribution < -0.4 is 0 Å². The SMILES string of the molecule is Cn1cnc2c1CCN(C(=O)c1csc(-c3ccc(F)cc3)n1)C2. The first-order chi connectivity index (χ1) is 11.6. The van der Waals surface area contributed by atoms with Gasteiger partial charge in [0.1, 0.15) is 16.5 Å². The first-order valence-electron chi connectivity index (χ1n) is 7.61. The van der Waals surface area contributed by atoms with E-state index in [1.807, 2.05) is 11.6 Å². The minimum atomic E-state index is -0.286. The van der Waals surface area contributed by atoms with Crippen LogP contribution >= 0.6 is 11.3 Å². The smallest absolute Gasteiger partial charge is 0.273 e. The Labute approximate surface area is 142 Å². The van der Waals surface area contributed by atoms with E-state index in [2.05, 4.69) is 9.97 Å². The predicted molar refractivity (Wildman–Crippen MR) is 89.2 cm³/mol. The van der Waals surface area contributed by atoms with Crippen molar-refractivity contribution in [3.8, 4) is 10.6 Å². The fourth-order valence-electron chi connectivity index (χ4n) is 2.89. The summed E-state index contributed by atoms with van der Waals surface area (Å²) in [5.41, 5.74) is 3.38. The van der Waals surface area contributed by atoms with Crippen molar-refractivity contribution in [3.05, 3.63) is 58.9 Å². The number of nitrogens with zero attached hydrogens (tertiary/aromatic N) is 4. The molecule has 0 saturated carbocycles. The van der Waals surface area contributed by atoms with Crippen LogP contribution in [0.15, 0.2) is 36.0 Å². The van der Waals surface area contributed by atoms with Crippen molar-refractivity contribution < 1.29 is 9.18 Å². The second-order valence-electron chi connectivity index (χ2n) is 5.77. The van der Waals surface area contributed by atoms with E-state index in [0.29, 0.717) is 23.8 Å². The topological polar surface area (TPSA) is 51.0 Å². The molecule has 24 heavy (non-hydrogen) atoms. The van der Waals surface area contributed by atoms with Gasteiger partial charge in [0, 0.05) is 36.7 Å². The van der Waals surface area contributed by atoms with Crippen LogP contribution in [-0.4, -0.2) is 31.9 Å². The third kappa shape index (κ3) is 2.60. The molecule has 0 saturated heterocycles. The van der Waals surface area contributed by atoms with E-state index in [9.17, 15) is 9.18 Å². The van der Waals surface area contributed by atoms with Crippen molar-refractivity contribution in [2.45, 2.75) is 13.0 Å². The number of amides is 1. The van der Waals surface area contributed by atoms with Gasteiger partial charge in [0.15, 0.2) is 0 Å². The molecule has 4 rings (SSSR count). The molecule has 0 fully saturated rings. The first kappa shape index (κ1) is 15.0. The molecule has 7 heteroatoms. The molecule has 0 radical (unpaired) electrons. The molecule has 0 atom stereocenters. The van der Waals surface area contributed by atoms with Crippen molar-refractivity contribution >= 4 is 17.2 Å². The molecule has 1 aromatic carbocycles. The summed E-state index contributed by atoms with van der Waals surface area (Å²) in [6, 6.07) is 6.13. The number of carbonyl (C=O) groups excluding carboxylic acids is 1. The maximum absolute atomic E-state index is 13.0. The molecule has 5 nitrogen and oxygen atoms in total. The molecular weight excluding hydrogens is 327 g/mol. The van der Waals surface area contributed by atoms with Crippen LogP contribution in [0.3, 0.4) is 0 Å². The number of hydrogen-bond donors (Lipinski definition) is 0. The molecule has 122 valence electrons. The standard InChI is InChI=1S/C17H15FN4OS/c1-21-10-19-13-8-22(7-6-15(13)21)17(23)14-9-24-16(20-14)11-2-4-12(18)5-3-11/h2-5,9-10H,6-8H2,1H3. The summed E-state index contributed by atoms with van der Waals surface area (Å²) in [6.45, 7) is 1.17. The number of aromatic nitrogens is 3. The highest BCUT2D eigenvalue weighted by Crippen LogP contribution is 2.25. The molecule has 1 aliphatic heterocycles. The number of imidazole rings is 1. The summed E-state index contributed by atoms with van der Waals surface area (Å²) in [4.78, 5) is 23.3. The number of benzene rings is 1. The highest BCUT2D eigenvalue weighted by Gasteiger charge is 2.26. The summed E-state index contributed by atoms with van der Waals surface area (Å²) < 4.78 is 15.0. The van der Waals surface area contributed by atoms with Crippen LogP contribution in [-0.2, 0) is 20.0 Å². The van der Waals surface area contributed by atoms with Gasteiger partial charge >= 0.3 is 0 Å². The van der Waals surface area contributed by atoms with Gasteiger partial charge in [-0.1, -0.05) is 0 Å². The number of fused-ring (bicyclic) bond motifs is 1. The summed E-state index contributed by atoms with van der Waals surface area (Å²) >= 11 is 1.39. The average Bonchev–Trinajstić information content (AvgIpc) is 3.22. The van der Waals surface area contributed by atoms with Crippen molar-refractivity contribution in [1.29, 1.82) is 0 Å². The van der Waals surface area contributed by atoms with Gasteiger partial charge in [0.05, 0.1) is 18.6 Å². The molecule has 0 spiro atoms. The van der Waals surface area contributed by atoms with E-state index in [0.717, 1.165) is 17.7 Å².